The van der Waals surface area contributed by atoms with Gasteiger partial charge in [0.05, 0.1) is 17.6 Å². The average molecular weight is 345 g/mol. The molecule has 7 nitrogen and oxygen atoms in total. The van der Waals surface area contributed by atoms with Gasteiger partial charge in [-0.1, -0.05) is 25.8 Å². The minimum Gasteiger partial charge on any atom is -0.478 e. The zero-order valence-electron chi connectivity index (χ0n) is 14.5. The third-order valence-electron chi connectivity index (χ3n) is 3.74. The van der Waals surface area contributed by atoms with Crippen LogP contribution in [0.25, 0.3) is 5.69 Å². The fourth-order valence-corrected chi connectivity index (χ4v) is 2.41. The number of aromatic carboxylic acids is 1. The van der Waals surface area contributed by atoms with Crippen LogP contribution in [0.5, 0.6) is 0 Å². The Kier molecular flexibility index (Phi) is 6.71. The predicted octanol–water partition coefficient (Wildman–Crippen LogP) is 3.02. The highest BCUT2D eigenvalue weighted by atomic mass is 16.5. The quantitative estimate of drug-likeness (QED) is 0.681. The molecule has 0 aliphatic heterocycles. The fraction of sp³-hybridized carbons (Fsp3) is 0.389. The van der Waals surface area contributed by atoms with Crippen LogP contribution in [0, 0.1) is 6.92 Å². The Morgan fingerprint density at radius 3 is 2.80 bits per heavy atom. The summed E-state index contributed by atoms with van der Waals surface area (Å²) >= 11 is 0. The lowest BCUT2D eigenvalue weighted by molar-refractivity contribution is -0.120. The monoisotopic (exact) mass is 345 g/mol. The van der Waals surface area contributed by atoms with Gasteiger partial charge in [-0.25, -0.2) is 9.48 Å². The van der Waals surface area contributed by atoms with Gasteiger partial charge in [0.15, 0.2) is 0 Å². The maximum absolute atomic E-state index is 11.9. The molecule has 1 amide bonds. The number of nitrogens with zero attached hydrogens (tertiary/aromatic N) is 2. The molecule has 0 fully saturated rings. The van der Waals surface area contributed by atoms with Crippen molar-refractivity contribution in [1.82, 2.24) is 9.78 Å². The van der Waals surface area contributed by atoms with Crippen molar-refractivity contribution in [3.8, 4) is 5.69 Å². The molecule has 0 aliphatic rings. The summed E-state index contributed by atoms with van der Waals surface area (Å²) in [7, 11) is 0. The number of ether oxygens (including phenoxy) is 1. The third kappa shape index (κ3) is 5.15. The lowest BCUT2D eigenvalue weighted by atomic mass is 10.2. The van der Waals surface area contributed by atoms with Crippen molar-refractivity contribution in [2.75, 3.05) is 18.5 Å². The molecule has 0 unspecified atom stereocenters. The second kappa shape index (κ2) is 8.98. The SMILES string of the molecule is CCCCCOCC(=O)Nc1cccc(-n2ncc(C(=O)O)c2C)c1. The number of carbonyl (C=O) groups is 2. The van der Waals surface area contributed by atoms with E-state index in [1.807, 2.05) is 0 Å². The maximum atomic E-state index is 11.9. The topological polar surface area (TPSA) is 93.5 Å². The third-order valence-corrected chi connectivity index (χ3v) is 3.74. The van der Waals surface area contributed by atoms with Gasteiger partial charge in [0, 0.05) is 12.3 Å². The number of carboxylic acids is 1. The van der Waals surface area contributed by atoms with Crippen LogP contribution in [-0.2, 0) is 9.53 Å². The molecule has 0 radical (unpaired) electrons. The van der Waals surface area contributed by atoms with E-state index < -0.39 is 5.97 Å². The normalized spacial score (nSPS) is 10.6. The van der Waals surface area contributed by atoms with Gasteiger partial charge in [-0.05, 0) is 31.5 Å². The predicted molar refractivity (Wildman–Crippen MR) is 94.2 cm³/mol. The highest BCUT2D eigenvalue weighted by Crippen LogP contribution is 2.18. The fourth-order valence-electron chi connectivity index (χ4n) is 2.41. The van der Waals surface area contributed by atoms with Gasteiger partial charge in [0.1, 0.15) is 12.2 Å². The van der Waals surface area contributed by atoms with E-state index in [1.165, 1.54) is 10.9 Å². The Morgan fingerprint density at radius 1 is 1.32 bits per heavy atom. The number of aromatic nitrogens is 2. The van der Waals surface area contributed by atoms with E-state index in [2.05, 4.69) is 17.3 Å². The first-order valence-corrected chi connectivity index (χ1v) is 8.29. The molecule has 2 aromatic rings. The van der Waals surface area contributed by atoms with Crippen LogP contribution in [0.1, 0.15) is 42.2 Å². The molecule has 2 N–H and O–H groups in total. The number of unbranched alkanes of at least 4 members (excludes halogenated alkanes) is 2. The zero-order chi connectivity index (χ0) is 18.2. The smallest absolute Gasteiger partial charge is 0.339 e. The van der Waals surface area contributed by atoms with Crippen molar-refractivity contribution in [2.24, 2.45) is 0 Å². The summed E-state index contributed by atoms with van der Waals surface area (Å²) in [4.78, 5) is 23.0. The van der Waals surface area contributed by atoms with Crippen LogP contribution < -0.4 is 5.32 Å². The van der Waals surface area contributed by atoms with Gasteiger partial charge in [0.2, 0.25) is 5.91 Å². The lowest BCUT2D eigenvalue weighted by Crippen LogP contribution is -2.18. The molecule has 1 aromatic carbocycles. The molecule has 0 spiro atoms. The summed E-state index contributed by atoms with van der Waals surface area (Å²) in [5.74, 6) is -1.24. The second-order valence-electron chi connectivity index (χ2n) is 5.72. The molecule has 25 heavy (non-hydrogen) atoms. The van der Waals surface area contributed by atoms with E-state index in [0.717, 1.165) is 19.3 Å². The summed E-state index contributed by atoms with van der Waals surface area (Å²) in [6, 6.07) is 7.06. The molecule has 7 heteroatoms. The maximum Gasteiger partial charge on any atom is 0.339 e. The molecule has 0 aliphatic carbocycles. The highest BCUT2D eigenvalue weighted by molar-refractivity contribution is 5.92. The summed E-state index contributed by atoms with van der Waals surface area (Å²) in [6.07, 6.45) is 4.46. The van der Waals surface area contributed by atoms with E-state index in [-0.39, 0.29) is 18.1 Å². The summed E-state index contributed by atoms with van der Waals surface area (Å²) < 4.78 is 6.87. The Balaban J connectivity index is 1.99. The van der Waals surface area contributed by atoms with E-state index in [4.69, 9.17) is 9.84 Å². The Morgan fingerprint density at radius 2 is 2.12 bits per heavy atom. The Labute approximate surface area is 146 Å². The summed E-state index contributed by atoms with van der Waals surface area (Å²) in [6.45, 7) is 4.38. The molecular weight excluding hydrogens is 322 g/mol. The molecule has 0 saturated carbocycles. The molecule has 0 atom stereocenters. The average Bonchev–Trinajstić information content (AvgIpc) is 2.96. The number of nitrogens with one attached hydrogen (secondary N) is 1. The van der Waals surface area contributed by atoms with E-state index >= 15 is 0 Å². The number of amides is 1. The van der Waals surface area contributed by atoms with Gasteiger partial charge in [0.25, 0.3) is 0 Å². The minimum atomic E-state index is -1.02. The zero-order valence-corrected chi connectivity index (χ0v) is 14.5. The van der Waals surface area contributed by atoms with Crippen molar-refractivity contribution in [1.29, 1.82) is 0 Å². The Hall–Kier alpha value is -2.67. The number of hydrogen-bond acceptors (Lipinski definition) is 4. The molecule has 0 saturated heterocycles. The standard InChI is InChI=1S/C18H23N3O4/c1-3-4-5-9-25-12-17(22)20-14-7-6-8-15(10-14)21-13(2)16(11-19-21)18(23)24/h6-8,10-11H,3-5,9,12H2,1-2H3,(H,20,22)(H,23,24). The van der Waals surface area contributed by atoms with E-state index in [0.29, 0.717) is 23.7 Å². The van der Waals surface area contributed by atoms with Crippen LogP contribution in [-0.4, -0.2) is 40.0 Å². The number of benzene rings is 1. The molecule has 134 valence electrons. The molecule has 0 bridgehead atoms. The molecule has 2 rings (SSSR count). The first-order chi connectivity index (χ1) is 12.0. The number of carboxylic acid groups (broad SMARTS) is 1. The number of rotatable bonds is 9. The first kappa shape index (κ1) is 18.7. The van der Waals surface area contributed by atoms with Crippen LogP contribution in [0.15, 0.2) is 30.5 Å². The number of hydrogen-bond donors (Lipinski definition) is 2. The highest BCUT2D eigenvalue weighted by Gasteiger charge is 2.14. The molecule has 1 aromatic heterocycles. The molecule has 1 heterocycles. The summed E-state index contributed by atoms with van der Waals surface area (Å²) in [5, 5.41) is 16.0. The van der Waals surface area contributed by atoms with E-state index in [9.17, 15) is 9.59 Å². The van der Waals surface area contributed by atoms with Crippen LogP contribution in [0.2, 0.25) is 0 Å². The van der Waals surface area contributed by atoms with Crippen LogP contribution >= 0.6 is 0 Å². The summed E-state index contributed by atoms with van der Waals surface area (Å²) in [5.41, 5.74) is 1.95. The number of anilines is 1. The van der Waals surface area contributed by atoms with Crippen LogP contribution in [0.4, 0.5) is 5.69 Å². The van der Waals surface area contributed by atoms with Gasteiger partial charge < -0.3 is 15.2 Å². The Bertz CT molecular complexity index is 740. The lowest BCUT2D eigenvalue weighted by Gasteiger charge is -2.09. The largest absolute Gasteiger partial charge is 0.478 e. The van der Waals surface area contributed by atoms with Crippen LogP contribution in [0.3, 0.4) is 0 Å². The first-order valence-electron chi connectivity index (χ1n) is 8.29. The van der Waals surface area contributed by atoms with Crippen molar-refractivity contribution in [3.63, 3.8) is 0 Å². The minimum absolute atomic E-state index is 0.0118. The van der Waals surface area contributed by atoms with Crippen molar-refractivity contribution in [2.45, 2.75) is 33.1 Å². The van der Waals surface area contributed by atoms with Gasteiger partial charge in [-0.15, -0.1) is 0 Å². The van der Waals surface area contributed by atoms with Crippen molar-refractivity contribution >= 4 is 17.6 Å². The molecular formula is C18H23N3O4. The van der Waals surface area contributed by atoms with Gasteiger partial charge in [-0.2, -0.15) is 5.10 Å². The van der Waals surface area contributed by atoms with Crippen molar-refractivity contribution < 1.29 is 19.4 Å². The van der Waals surface area contributed by atoms with Gasteiger partial charge in [-0.3, -0.25) is 4.79 Å². The second-order valence-corrected chi connectivity index (χ2v) is 5.72. The van der Waals surface area contributed by atoms with E-state index in [1.54, 1.807) is 31.2 Å². The van der Waals surface area contributed by atoms with Gasteiger partial charge >= 0.3 is 5.97 Å². The number of carbonyl (C=O) groups excluding carboxylic acids is 1. The van der Waals surface area contributed by atoms with Crippen molar-refractivity contribution in [3.05, 3.63) is 41.7 Å².